The molecule has 2 aromatic carbocycles. The van der Waals surface area contributed by atoms with Gasteiger partial charge in [-0.05, 0) is 142 Å². The maximum Gasteiger partial charge on any atom is 0.336 e. The number of rotatable bonds is 9. The number of hydrogen-bond acceptors (Lipinski definition) is 6. The van der Waals surface area contributed by atoms with Crippen LogP contribution in [0.4, 0.5) is 0 Å². The number of aromatic carboxylic acids is 4. The van der Waals surface area contributed by atoms with Crippen LogP contribution < -0.4 is 9.47 Å². The first-order valence-electron chi connectivity index (χ1n) is 16.5. The lowest BCUT2D eigenvalue weighted by molar-refractivity contribution is -0.357. The van der Waals surface area contributed by atoms with Gasteiger partial charge in [0.05, 0.1) is 27.7 Å². The van der Waals surface area contributed by atoms with Gasteiger partial charge in [0.1, 0.15) is 11.5 Å². The summed E-state index contributed by atoms with van der Waals surface area (Å²) in [5.41, 5.74) is -1.96. The molecule has 2 aromatic rings. The first-order valence-corrected chi connectivity index (χ1v) is 16.5. The molecule has 10 heteroatoms. The number of carboxylic acids is 4. The molecule has 0 aliphatic heterocycles. The molecule has 0 amide bonds. The molecule has 2 unspecified atom stereocenters. The average Bonchev–Trinajstić information content (AvgIpc) is 2.98. The molecule has 0 saturated heterocycles. The van der Waals surface area contributed by atoms with E-state index in [9.17, 15) is 39.6 Å². The lowest BCUT2D eigenvalue weighted by Crippen LogP contribution is -2.76. The van der Waals surface area contributed by atoms with Gasteiger partial charge in [0.25, 0.3) is 5.79 Å². The molecule has 8 aliphatic rings. The number of benzene rings is 2. The summed E-state index contributed by atoms with van der Waals surface area (Å²) in [6, 6.07) is 8.04. The fraction of sp³-hybridized carbons (Fsp3) is 0.556. The molecule has 8 fully saturated rings. The highest BCUT2D eigenvalue weighted by Crippen LogP contribution is 2.78. The van der Waals surface area contributed by atoms with Crippen molar-refractivity contribution in [1.82, 2.24) is 0 Å². The van der Waals surface area contributed by atoms with Crippen LogP contribution in [0.25, 0.3) is 0 Å². The Hall–Kier alpha value is -4.08. The number of carbonyl (C=O) groups is 4. The zero-order valence-corrected chi connectivity index (χ0v) is 25.4. The van der Waals surface area contributed by atoms with Gasteiger partial charge in [0, 0.05) is 5.92 Å². The van der Waals surface area contributed by atoms with E-state index in [1.807, 2.05) is 0 Å². The predicted molar refractivity (Wildman–Crippen MR) is 161 cm³/mol. The Labute approximate surface area is 265 Å². The summed E-state index contributed by atoms with van der Waals surface area (Å²) >= 11 is 0. The van der Waals surface area contributed by atoms with Gasteiger partial charge < -0.3 is 29.9 Å². The van der Waals surface area contributed by atoms with Crippen LogP contribution in [-0.4, -0.2) is 50.1 Å². The first kappa shape index (κ1) is 29.3. The molecule has 2 atom stereocenters. The van der Waals surface area contributed by atoms with E-state index in [1.54, 1.807) is 0 Å². The third kappa shape index (κ3) is 4.14. The minimum Gasteiger partial charge on any atom is -0.478 e. The van der Waals surface area contributed by atoms with E-state index in [1.165, 1.54) is 55.7 Å². The van der Waals surface area contributed by atoms with Gasteiger partial charge in [-0.3, -0.25) is 0 Å². The third-order valence-corrected chi connectivity index (χ3v) is 12.9. The van der Waals surface area contributed by atoms with E-state index in [2.05, 4.69) is 0 Å². The lowest BCUT2D eigenvalue weighted by Gasteiger charge is -2.74. The van der Waals surface area contributed by atoms with Gasteiger partial charge in [-0.25, -0.2) is 19.2 Å². The van der Waals surface area contributed by atoms with Crippen LogP contribution >= 0.6 is 0 Å². The highest BCUT2D eigenvalue weighted by molar-refractivity contribution is 6.02. The van der Waals surface area contributed by atoms with Crippen LogP contribution in [0.15, 0.2) is 36.4 Å². The Bertz CT molecular complexity index is 1550. The zero-order valence-electron chi connectivity index (χ0n) is 25.4. The number of carboxylic acid groups (broad SMARTS) is 4. The fourth-order valence-corrected chi connectivity index (χ4v) is 12.1. The van der Waals surface area contributed by atoms with E-state index in [0.29, 0.717) is 29.6 Å². The topological polar surface area (TPSA) is 168 Å². The van der Waals surface area contributed by atoms with Gasteiger partial charge in [0.15, 0.2) is 0 Å². The molecule has 8 bridgehead atoms. The normalized spacial score (nSPS) is 35.9. The van der Waals surface area contributed by atoms with Crippen molar-refractivity contribution in [1.29, 1.82) is 0 Å². The minimum atomic E-state index is -1.38. The highest BCUT2D eigenvalue weighted by atomic mass is 16.7. The smallest absolute Gasteiger partial charge is 0.336 e. The standard InChI is InChI=1S/C36H38O10/c37-30(38)26-3-1-24(11-28(26)32(41)42)45-36(46-25-2-4-27(31(39)40)29(12-25)33(43)44)23-9-21-8-22(10-23)17-35(36,16-21)34-13-18-5-19(14-34)7-20(6-18)15-34/h1-4,11-12,18-23H,5-10,13-17H2,(H,37,38)(H,39,40)(H,41,42)(H,43,44). The molecule has 0 spiro atoms. The molecule has 4 N–H and O–H groups in total. The Kier molecular flexibility index (Phi) is 6.35. The molecule has 10 rings (SSSR count). The van der Waals surface area contributed by atoms with Crippen molar-refractivity contribution in [3.05, 3.63) is 58.7 Å². The van der Waals surface area contributed by atoms with Crippen molar-refractivity contribution >= 4 is 23.9 Å². The molecule has 0 aromatic heterocycles. The predicted octanol–water partition coefficient (Wildman–Crippen LogP) is 6.68. The quantitative estimate of drug-likeness (QED) is 0.220. The SMILES string of the molecule is O=C(O)c1ccc(OC2(Oc3ccc(C(=O)O)c(C(=O)O)c3)C3CC4CC(C3)CC2(C23CC5CC(CC(C5)C2)C3)C4)cc1C(=O)O. The summed E-state index contributed by atoms with van der Waals surface area (Å²) < 4.78 is 14.3. The van der Waals surface area contributed by atoms with Gasteiger partial charge in [-0.2, -0.15) is 0 Å². The highest BCUT2D eigenvalue weighted by Gasteiger charge is 2.77. The van der Waals surface area contributed by atoms with Crippen molar-refractivity contribution in [3.63, 3.8) is 0 Å². The molecule has 46 heavy (non-hydrogen) atoms. The van der Waals surface area contributed by atoms with Gasteiger partial charge in [-0.15, -0.1) is 0 Å². The van der Waals surface area contributed by atoms with Crippen LogP contribution in [0, 0.1) is 46.3 Å². The van der Waals surface area contributed by atoms with Crippen molar-refractivity contribution in [3.8, 4) is 11.5 Å². The number of hydrogen-bond donors (Lipinski definition) is 4. The van der Waals surface area contributed by atoms with E-state index in [4.69, 9.17) is 9.47 Å². The van der Waals surface area contributed by atoms with Crippen LogP contribution in [0.5, 0.6) is 11.5 Å². The molecule has 8 saturated carbocycles. The monoisotopic (exact) mass is 630 g/mol. The van der Waals surface area contributed by atoms with Gasteiger partial charge in [-0.1, -0.05) is 0 Å². The second-order valence-corrected chi connectivity index (χ2v) is 15.3. The Morgan fingerprint density at radius 3 is 1.26 bits per heavy atom. The summed E-state index contributed by atoms with van der Waals surface area (Å²) in [6.45, 7) is 0. The van der Waals surface area contributed by atoms with Crippen LogP contribution in [0.3, 0.4) is 0 Å². The van der Waals surface area contributed by atoms with Gasteiger partial charge in [0.2, 0.25) is 0 Å². The zero-order chi connectivity index (χ0) is 32.2. The molecule has 0 heterocycles. The maximum atomic E-state index is 12.2. The summed E-state index contributed by atoms with van der Waals surface area (Å²) in [4.78, 5) is 48.2. The van der Waals surface area contributed by atoms with Gasteiger partial charge >= 0.3 is 23.9 Å². The molecule has 0 radical (unpaired) electrons. The Balaban J connectivity index is 1.33. The first-order chi connectivity index (χ1) is 21.9. The molecular weight excluding hydrogens is 592 g/mol. The Morgan fingerprint density at radius 2 is 0.891 bits per heavy atom. The summed E-state index contributed by atoms with van der Waals surface area (Å²) in [5.74, 6) is -3.54. The van der Waals surface area contributed by atoms with E-state index in [0.717, 1.165) is 51.4 Å². The second-order valence-electron chi connectivity index (χ2n) is 15.3. The second kappa shape index (κ2) is 9.96. The van der Waals surface area contributed by atoms with Crippen LogP contribution in [0.2, 0.25) is 0 Å². The Morgan fingerprint density at radius 1 is 0.522 bits per heavy atom. The number of ether oxygens (including phenoxy) is 2. The lowest BCUT2D eigenvalue weighted by atomic mass is 9.33. The molecular formula is C36H38O10. The van der Waals surface area contributed by atoms with Crippen molar-refractivity contribution < 1.29 is 49.1 Å². The van der Waals surface area contributed by atoms with Crippen LogP contribution in [-0.2, 0) is 0 Å². The molecule has 10 nitrogen and oxygen atoms in total. The average molecular weight is 631 g/mol. The third-order valence-electron chi connectivity index (χ3n) is 12.9. The van der Waals surface area contributed by atoms with E-state index in [-0.39, 0.29) is 45.1 Å². The van der Waals surface area contributed by atoms with Crippen molar-refractivity contribution in [2.45, 2.75) is 76.4 Å². The fourth-order valence-electron chi connectivity index (χ4n) is 12.1. The summed E-state index contributed by atoms with van der Waals surface area (Å²) in [5, 5.41) is 39.3. The molecule has 8 aliphatic carbocycles. The van der Waals surface area contributed by atoms with Crippen molar-refractivity contribution in [2.75, 3.05) is 0 Å². The maximum absolute atomic E-state index is 12.2. The van der Waals surface area contributed by atoms with E-state index >= 15 is 0 Å². The molecule has 242 valence electrons. The summed E-state index contributed by atoms with van der Waals surface area (Å²) in [6.07, 6.45) is 11.6. The summed E-state index contributed by atoms with van der Waals surface area (Å²) in [7, 11) is 0. The minimum absolute atomic E-state index is 0.0645. The van der Waals surface area contributed by atoms with Crippen LogP contribution in [0.1, 0.15) is 112 Å². The largest absolute Gasteiger partial charge is 0.478 e. The van der Waals surface area contributed by atoms with E-state index < -0.39 is 35.1 Å². The van der Waals surface area contributed by atoms with Crippen molar-refractivity contribution in [2.24, 2.45) is 46.3 Å².